The van der Waals surface area contributed by atoms with Crippen LogP contribution in [-0.4, -0.2) is 47.7 Å². The van der Waals surface area contributed by atoms with E-state index in [1.54, 1.807) is 16.9 Å². The van der Waals surface area contributed by atoms with Crippen molar-refractivity contribution < 1.29 is 14.6 Å². The number of rotatable bonds is 5. The summed E-state index contributed by atoms with van der Waals surface area (Å²) < 4.78 is 15.6. The van der Waals surface area contributed by atoms with Crippen LogP contribution >= 0.6 is 0 Å². The largest absolute Gasteiger partial charge is 0.394 e. The lowest BCUT2D eigenvalue weighted by molar-refractivity contribution is 0.0841. The molecule has 4 aromatic rings. The molecule has 0 aliphatic carbocycles. The van der Waals surface area contributed by atoms with Crippen LogP contribution in [0.4, 0.5) is 4.39 Å². The second-order valence-corrected chi connectivity index (χ2v) is 8.24. The number of aliphatic hydroxyl groups excluding tert-OH is 2. The molecule has 3 N–H and O–H groups in total. The first-order valence-electron chi connectivity index (χ1n) is 9.59. The van der Waals surface area contributed by atoms with Gasteiger partial charge in [-0.1, -0.05) is 20.8 Å². The van der Waals surface area contributed by atoms with E-state index >= 15 is 0 Å². The van der Waals surface area contributed by atoms with Crippen LogP contribution in [0.5, 0.6) is 0 Å². The number of aromatic amines is 1. The number of aliphatic hydroxyl groups is 2. The summed E-state index contributed by atoms with van der Waals surface area (Å²) in [6.07, 6.45) is 1.24. The molecule has 0 saturated carbocycles. The summed E-state index contributed by atoms with van der Waals surface area (Å²) in [6, 6.07) is 6.38. The first-order chi connectivity index (χ1) is 13.8. The molecule has 3 aromatic heterocycles. The Morgan fingerprint density at radius 1 is 1.17 bits per heavy atom. The molecule has 0 fully saturated rings. The van der Waals surface area contributed by atoms with Crippen LogP contribution in [0.2, 0.25) is 0 Å². The zero-order chi connectivity index (χ0) is 20.8. The van der Waals surface area contributed by atoms with Gasteiger partial charge < -0.3 is 15.2 Å². The van der Waals surface area contributed by atoms with Gasteiger partial charge in [0.1, 0.15) is 22.7 Å². The number of fused-ring (bicyclic) bond motifs is 2. The van der Waals surface area contributed by atoms with Crippen molar-refractivity contribution in [1.29, 1.82) is 0 Å². The summed E-state index contributed by atoms with van der Waals surface area (Å²) in [7, 11) is 0. The van der Waals surface area contributed by atoms with E-state index in [4.69, 9.17) is 20.2 Å². The fourth-order valence-corrected chi connectivity index (χ4v) is 3.41. The minimum Gasteiger partial charge on any atom is -0.394 e. The third-order valence-electron chi connectivity index (χ3n) is 4.92. The van der Waals surface area contributed by atoms with Crippen LogP contribution < -0.4 is 0 Å². The van der Waals surface area contributed by atoms with Crippen molar-refractivity contribution in [2.24, 2.45) is 0 Å². The van der Waals surface area contributed by atoms with Crippen LogP contribution in [0.3, 0.4) is 0 Å². The maximum atomic E-state index is 14.0. The van der Waals surface area contributed by atoms with Crippen molar-refractivity contribution in [2.75, 3.05) is 6.61 Å². The van der Waals surface area contributed by atoms with Gasteiger partial charge in [-0.3, -0.25) is 4.68 Å². The number of hydrogen-bond acceptors (Lipinski definition) is 5. The van der Waals surface area contributed by atoms with Gasteiger partial charge in [-0.15, -0.1) is 0 Å². The number of nitrogens with zero attached hydrogens (tertiary/aromatic N) is 4. The molecule has 7 nitrogen and oxygen atoms in total. The summed E-state index contributed by atoms with van der Waals surface area (Å²) in [4.78, 5) is 12.7. The lowest BCUT2D eigenvalue weighted by Gasteiger charge is -2.20. The molecule has 8 heteroatoms. The van der Waals surface area contributed by atoms with Crippen LogP contribution in [0.15, 0.2) is 30.5 Å². The van der Waals surface area contributed by atoms with Crippen LogP contribution in [0.1, 0.15) is 32.9 Å². The van der Waals surface area contributed by atoms with Crippen molar-refractivity contribution in [3.8, 4) is 11.4 Å². The molecule has 4 rings (SSSR count). The summed E-state index contributed by atoms with van der Waals surface area (Å²) in [5.74, 6) is -0.365. The topological polar surface area (TPSA) is 99.9 Å². The predicted molar refractivity (Wildman–Crippen MR) is 109 cm³/mol. The van der Waals surface area contributed by atoms with Gasteiger partial charge in [-0.05, 0) is 30.7 Å². The maximum absolute atomic E-state index is 14.0. The molecule has 0 spiro atoms. The molecule has 0 aliphatic rings. The Morgan fingerprint density at radius 3 is 2.69 bits per heavy atom. The van der Waals surface area contributed by atoms with Crippen LogP contribution in [-0.2, 0) is 12.0 Å². The SMILES string of the molecule is CC(C)(C)c1nc2[nH]ccc2nc1-c1nn(CCC(O)CO)c2cc(F)ccc12. The van der Waals surface area contributed by atoms with Gasteiger partial charge in [0.2, 0.25) is 0 Å². The fraction of sp³-hybridized carbons (Fsp3) is 0.381. The Bertz CT molecular complexity index is 1180. The van der Waals surface area contributed by atoms with Crippen molar-refractivity contribution in [2.45, 2.75) is 45.3 Å². The second-order valence-electron chi connectivity index (χ2n) is 8.24. The Balaban J connectivity index is 1.94. The summed E-state index contributed by atoms with van der Waals surface area (Å²) >= 11 is 0. The molecule has 1 aromatic carbocycles. The highest BCUT2D eigenvalue weighted by Crippen LogP contribution is 2.35. The number of H-pyrrole nitrogens is 1. The van der Waals surface area contributed by atoms with Gasteiger partial charge in [0.15, 0.2) is 5.65 Å². The average Bonchev–Trinajstić information content (AvgIpc) is 3.27. The lowest BCUT2D eigenvalue weighted by atomic mass is 9.89. The molecule has 0 amide bonds. The van der Waals surface area contributed by atoms with Gasteiger partial charge in [0, 0.05) is 23.5 Å². The van der Waals surface area contributed by atoms with Gasteiger partial charge in [-0.2, -0.15) is 5.10 Å². The molecule has 0 radical (unpaired) electrons. The number of aryl methyl sites for hydroxylation is 1. The van der Waals surface area contributed by atoms with E-state index in [2.05, 4.69) is 25.8 Å². The highest BCUT2D eigenvalue weighted by molar-refractivity contribution is 5.94. The number of aromatic nitrogens is 5. The van der Waals surface area contributed by atoms with E-state index in [9.17, 15) is 9.50 Å². The fourth-order valence-electron chi connectivity index (χ4n) is 3.41. The van der Waals surface area contributed by atoms with Crippen LogP contribution in [0, 0.1) is 5.82 Å². The molecule has 1 unspecified atom stereocenters. The molecule has 29 heavy (non-hydrogen) atoms. The third-order valence-corrected chi connectivity index (χ3v) is 4.92. The van der Waals surface area contributed by atoms with E-state index < -0.39 is 6.10 Å². The minimum atomic E-state index is -0.854. The summed E-state index contributed by atoms with van der Waals surface area (Å²) in [5.41, 5.74) is 3.83. The quantitative estimate of drug-likeness (QED) is 0.480. The van der Waals surface area contributed by atoms with E-state index in [0.717, 1.165) is 16.6 Å². The second kappa shape index (κ2) is 7.20. The molecule has 152 valence electrons. The maximum Gasteiger partial charge on any atom is 0.156 e. The van der Waals surface area contributed by atoms with E-state index in [1.807, 2.05) is 6.07 Å². The Hall–Kier alpha value is -2.84. The minimum absolute atomic E-state index is 0.287. The van der Waals surface area contributed by atoms with E-state index in [1.165, 1.54) is 12.1 Å². The van der Waals surface area contributed by atoms with Gasteiger partial charge in [0.05, 0.1) is 23.9 Å². The first kappa shape index (κ1) is 19.5. The molecular formula is C21H24FN5O2. The predicted octanol–water partition coefficient (Wildman–Crippen LogP) is 3.15. The Labute approximate surface area is 167 Å². The highest BCUT2D eigenvalue weighted by atomic mass is 19.1. The molecular weight excluding hydrogens is 373 g/mol. The molecule has 0 aliphatic heterocycles. The van der Waals surface area contributed by atoms with E-state index in [-0.39, 0.29) is 17.8 Å². The summed E-state index contributed by atoms with van der Waals surface area (Å²) in [5, 5.41) is 24.3. The Morgan fingerprint density at radius 2 is 1.97 bits per heavy atom. The number of nitrogens with one attached hydrogen (secondary N) is 1. The third kappa shape index (κ3) is 3.61. The van der Waals surface area contributed by atoms with Crippen molar-refractivity contribution in [3.05, 3.63) is 42.0 Å². The number of hydrogen-bond donors (Lipinski definition) is 3. The standard InChI is InChI=1S/C21H24FN5O2/c1-21(2,3)19-18(24-15-6-8-23-20(15)25-19)17-14-5-4-12(22)10-16(14)27(26-17)9-7-13(29)11-28/h4-6,8,10,13,28-29H,7,9,11H2,1-3H3,(H,23,25). The van der Waals surface area contributed by atoms with Gasteiger partial charge in [-0.25, -0.2) is 14.4 Å². The monoisotopic (exact) mass is 397 g/mol. The number of benzene rings is 1. The lowest BCUT2D eigenvalue weighted by Crippen LogP contribution is -2.17. The molecule has 3 heterocycles. The molecule has 1 atom stereocenters. The average molecular weight is 397 g/mol. The molecule has 0 saturated heterocycles. The first-order valence-corrected chi connectivity index (χ1v) is 9.59. The van der Waals surface area contributed by atoms with E-state index in [0.29, 0.717) is 35.5 Å². The zero-order valence-electron chi connectivity index (χ0n) is 16.6. The van der Waals surface area contributed by atoms with Gasteiger partial charge in [0.25, 0.3) is 0 Å². The van der Waals surface area contributed by atoms with Gasteiger partial charge >= 0.3 is 0 Å². The normalized spacial score (nSPS) is 13.4. The van der Waals surface area contributed by atoms with Crippen LogP contribution in [0.25, 0.3) is 33.5 Å². The van der Waals surface area contributed by atoms with Crippen molar-refractivity contribution >= 4 is 22.1 Å². The summed E-state index contributed by atoms with van der Waals surface area (Å²) in [6.45, 7) is 6.19. The Kier molecular flexibility index (Phi) is 4.84. The zero-order valence-corrected chi connectivity index (χ0v) is 16.6. The van der Waals surface area contributed by atoms with Crippen molar-refractivity contribution in [1.82, 2.24) is 24.7 Å². The number of halogens is 1. The highest BCUT2D eigenvalue weighted by Gasteiger charge is 2.26. The van der Waals surface area contributed by atoms with Crippen molar-refractivity contribution in [3.63, 3.8) is 0 Å². The smallest absolute Gasteiger partial charge is 0.156 e. The molecule has 0 bridgehead atoms.